The highest BCUT2D eigenvalue weighted by molar-refractivity contribution is 5.41. The van der Waals surface area contributed by atoms with Crippen LogP contribution in [0.4, 0.5) is 5.82 Å². The Balaban J connectivity index is 2.97. The normalized spacial score (nSPS) is 11.2. The van der Waals surface area contributed by atoms with Gasteiger partial charge in [-0.15, -0.1) is 11.7 Å². The van der Waals surface area contributed by atoms with Gasteiger partial charge >= 0.3 is 0 Å². The van der Waals surface area contributed by atoms with Crippen LogP contribution in [0.25, 0.3) is 0 Å². The van der Waals surface area contributed by atoms with Crippen molar-refractivity contribution in [3.8, 4) is 0 Å². The van der Waals surface area contributed by atoms with E-state index < -0.39 is 0 Å². The predicted molar refractivity (Wildman–Crippen MR) is 65.3 cm³/mol. The number of hydrogen-bond donors (Lipinski definition) is 1. The van der Waals surface area contributed by atoms with Crippen LogP contribution in [0, 0.1) is 0 Å². The van der Waals surface area contributed by atoms with E-state index in [0.717, 1.165) is 12.4 Å². The molecule has 0 saturated heterocycles. The Morgan fingerprint density at radius 1 is 1.38 bits per heavy atom. The molecule has 0 spiro atoms. The number of nitrogens with zero attached hydrogens (tertiary/aromatic N) is 3. The Kier molecular flexibility index (Phi) is 4.01. The minimum atomic E-state index is -0.0791. The lowest BCUT2D eigenvalue weighted by Gasteiger charge is -2.35. The molecule has 1 aromatic heterocycles. The highest BCUT2D eigenvalue weighted by Crippen LogP contribution is 2.20. The fraction of sp³-hybridized carbons (Fsp3) is 0.500. The van der Waals surface area contributed by atoms with Crippen LogP contribution in [0.15, 0.2) is 24.8 Å². The molecule has 0 bridgehead atoms. The van der Waals surface area contributed by atoms with E-state index in [0.29, 0.717) is 5.69 Å². The highest BCUT2D eigenvalue weighted by Gasteiger charge is 2.21. The van der Waals surface area contributed by atoms with Gasteiger partial charge in [-0.2, -0.15) is 5.10 Å². The largest absolute Gasteiger partial charge is 0.390 e. The van der Waals surface area contributed by atoms with Gasteiger partial charge in [-0.05, 0) is 32.9 Å². The lowest BCUT2D eigenvalue weighted by atomic mass is 10.1. The predicted octanol–water partition coefficient (Wildman–Crippen LogP) is 1.76. The van der Waals surface area contributed by atoms with E-state index >= 15 is 0 Å². The zero-order valence-electron chi connectivity index (χ0n) is 10.1. The van der Waals surface area contributed by atoms with Crippen LogP contribution in [0.5, 0.6) is 0 Å². The zero-order chi connectivity index (χ0) is 12.2. The molecular formula is C12H19N3O. The smallest absolute Gasteiger partial charge is 0.151 e. The maximum atomic E-state index is 8.90. The van der Waals surface area contributed by atoms with Crippen molar-refractivity contribution >= 4 is 5.82 Å². The lowest BCUT2D eigenvalue weighted by molar-refractivity contribution is 0.275. The molecule has 0 saturated carbocycles. The first-order valence-corrected chi connectivity index (χ1v) is 5.31. The summed E-state index contributed by atoms with van der Waals surface area (Å²) in [5.74, 6) is 0.796. The van der Waals surface area contributed by atoms with Crippen LogP contribution in [0.2, 0.25) is 0 Å². The maximum absolute atomic E-state index is 8.90. The van der Waals surface area contributed by atoms with Gasteiger partial charge in [-0.25, -0.2) is 0 Å². The summed E-state index contributed by atoms with van der Waals surface area (Å²) in [6.07, 6.45) is 1.84. The van der Waals surface area contributed by atoms with E-state index in [9.17, 15) is 0 Å². The molecule has 0 aromatic carbocycles. The van der Waals surface area contributed by atoms with Crippen molar-refractivity contribution in [2.75, 3.05) is 11.4 Å². The Hall–Kier alpha value is -1.42. The average molecular weight is 221 g/mol. The van der Waals surface area contributed by atoms with E-state index in [-0.39, 0.29) is 12.1 Å². The monoisotopic (exact) mass is 221 g/mol. The molecule has 0 amide bonds. The number of aromatic nitrogens is 2. The molecule has 0 fully saturated rings. The Morgan fingerprint density at radius 2 is 2.06 bits per heavy atom. The van der Waals surface area contributed by atoms with Crippen LogP contribution in [0.1, 0.15) is 26.5 Å². The third-order valence-electron chi connectivity index (χ3n) is 2.27. The molecule has 16 heavy (non-hydrogen) atoms. The fourth-order valence-electron chi connectivity index (χ4n) is 1.42. The minimum absolute atomic E-state index is 0.0381. The number of anilines is 1. The minimum Gasteiger partial charge on any atom is -0.390 e. The van der Waals surface area contributed by atoms with Gasteiger partial charge in [-0.3, -0.25) is 0 Å². The number of hydrogen-bond acceptors (Lipinski definition) is 4. The average Bonchev–Trinajstić information content (AvgIpc) is 2.25. The number of aliphatic hydroxyl groups excluding tert-OH is 1. The molecule has 0 aliphatic rings. The molecule has 4 heteroatoms. The van der Waals surface area contributed by atoms with E-state index in [2.05, 4.69) is 42.4 Å². The van der Waals surface area contributed by atoms with Crippen molar-refractivity contribution in [3.63, 3.8) is 0 Å². The Morgan fingerprint density at radius 3 is 2.44 bits per heavy atom. The maximum Gasteiger partial charge on any atom is 0.151 e. The third-order valence-corrected chi connectivity index (χ3v) is 2.27. The van der Waals surface area contributed by atoms with Gasteiger partial charge < -0.3 is 10.0 Å². The molecule has 1 heterocycles. The first-order chi connectivity index (χ1) is 7.49. The van der Waals surface area contributed by atoms with Crippen LogP contribution in [-0.2, 0) is 6.61 Å². The zero-order valence-corrected chi connectivity index (χ0v) is 10.1. The molecule has 0 aliphatic carbocycles. The summed E-state index contributed by atoms with van der Waals surface area (Å²) in [6.45, 7) is 10.7. The first kappa shape index (κ1) is 12.6. The Bertz CT molecular complexity index is 340. The summed E-state index contributed by atoms with van der Waals surface area (Å²) in [5, 5.41) is 16.9. The molecule has 88 valence electrons. The van der Waals surface area contributed by atoms with Crippen LogP contribution < -0.4 is 4.90 Å². The van der Waals surface area contributed by atoms with Crippen LogP contribution >= 0.6 is 0 Å². The van der Waals surface area contributed by atoms with Crippen molar-refractivity contribution in [2.24, 2.45) is 0 Å². The molecule has 1 aromatic rings. The second-order valence-electron chi connectivity index (χ2n) is 4.61. The third kappa shape index (κ3) is 3.03. The Labute approximate surface area is 96.6 Å². The second-order valence-corrected chi connectivity index (χ2v) is 4.61. The van der Waals surface area contributed by atoms with Crippen LogP contribution in [-0.4, -0.2) is 27.4 Å². The van der Waals surface area contributed by atoms with Crippen molar-refractivity contribution in [1.29, 1.82) is 0 Å². The summed E-state index contributed by atoms with van der Waals surface area (Å²) in [7, 11) is 0. The van der Waals surface area contributed by atoms with Crippen molar-refractivity contribution in [1.82, 2.24) is 10.2 Å². The summed E-state index contributed by atoms with van der Waals surface area (Å²) in [5.41, 5.74) is 0.542. The van der Waals surface area contributed by atoms with E-state index in [1.165, 1.54) is 0 Å². The highest BCUT2D eigenvalue weighted by atomic mass is 16.3. The van der Waals surface area contributed by atoms with E-state index in [1.54, 1.807) is 6.07 Å². The summed E-state index contributed by atoms with van der Waals surface area (Å²) in [6, 6.07) is 3.65. The molecule has 4 nitrogen and oxygen atoms in total. The summed E-state index contributed by atoms with van der Waals surface area (Å²) in [4.78, 5) is 2.11. The van der Waals surface area contributed by atoms with Crippen molar-refractivity contribution in [3.05, 3.63) is 30.5 Å². The van der Waals surface area contributed by atoms with Gasteiger partial charge in [0.2, 0.25) is 0 Å². The van der Waals surface area contributed by atoms with E-state index in [4.69, 9.17) is 5.11 Å². The van der Waals surface area contributed by atoms with Gasteiger partial charge in [0.25, 0.3) is 0 Å². The van der Waals surface area contributed by atoms with Crippen LogP contribution in [0.3, 0.4) is 0 Å². The van der Waals surface area contributed by atoms with Crippen molar-refractivity contribution in [2.45, 2.75) is 32.9 Å². The summed E-state index contributed by atoms with van der Waals surface area (Å²) >= 11 is 0. The first-order valence-electron chi connectivity index (χ1n) is 5.31. The number of rotatable bonds is 4. The molecule has 1 N–H and O–H groups in total. The van der Waals surface area contributed by atoms with Gasteiger partial charge in [0.05, 0.1) is 12.3 Å². The molecular weight excluding hydrogens is 202 g/mol. The second kappa shape index (κ2) is 5.07. The number of aliphatic hydroxyl groups is 1. The standard InChI is InChI=1S/C12H19N3O/c1-5-8-15(12(2,3)4)11-7-6-10(9-16)13-14-11/h5-7,16H,1,8-9H2,2-4H3. The molecule has 1 rings (SSSR count). The van der Waals surface area contributed by atoms with Gasteiger partial charge in [-0.1, -0.05) is 6.08 Å². The lowest BCUT2D eigenvalue weighted by Crippen LogP contribution is -2.42. The molecule has 0 unspecified atom stereocenters. The van der Waals surface area contributed by atoms with Gasteiger partial charge in [0.1, 0.15) is 0 Å². The topological polar surface area (TPSA) is 49.2 Å². The molecule has 0 atom stereocenters. The van der Waals surface area contributed by atoms with Gasteiger partial charge in [0.15, 0.2) is 5.82 Å². The molecule has 0 radical (unpaired) electrons. The summed E-state index contributed by atoms with van der Waals surface area (Å²) < 4.78 is 0. The SMILES string of the molecule is C=CCN(c1ccc(CO)nn1)C(C)(C)C. The quantitative estimate of drug-likeness (QED) is 0.787. The molecule has 0 aliphatic heterocycles. The van der Waals surface area contributed by atoms with Crippen molar-refractivity contribution < 1.29 is 5.11 Å². The van der Waals surface area contributed by atoms with E-state index in [1.807, 2.05) is 12.1 Å². The van der Waals surface area contributed by atoms with Gasteiger partial charge in [0, 0.05) is 12.1 Å². The fourth-order valence-corrected chi connectivity index (χ4v) is 1.42.